The number of pyridine rings is 1. The SMILES string of the molecule is O=C(CN1C(=O)c2ccccc2S1(=O)=O)Nc1ccc(S(=O)(=O)Nc2ccccn2)cc1. The number of hydrogen-bond donors (Lipinski definition) is 2. The summed E-state index contributed by atoms with van der Waals surface area (Å²) < 4.78 is 52.8. The van der Waals surface area contributed by atoms with E-state index in [9.17, 15) is 26.4 Å². The fourth-order valence-electron chi connectivity index (χ4n) is 3.06. The summed E-state index contributed by atoms with van der Waals surface area (Å²) in [4.78, 5) is 28.5. The summed E-state index contributed by atoms with van der Waals surface area (Å²) in [6, 6.07) is 15.7. The first-order valence-corrected chi connectivity index (χ1v) is 12.1. The number of anilines is 2. The molecule has 0 aliphatic carbocycles. The third-order valence-corrected chi connectivity index (χ3v) is 7.71. The van der Waals surface area contributed by atoms with Gasteiger partial charge in [0.25, 0.3) is 26.0 Å². The number of nitrogens with one attached hydrogen (secondary N) is 2. The van der Waals surface area contributed by atoms with E-state index in [2.05, 4.69) is 15.0 Å². The highest BCUT2D eigenvalue weighted by Crippen LogP contribution is 2.29. The van der Waals surface area contributed by atoms with E-state index in [0.717, 1.165) is 0 Å². The average molecular weight is 473 g/mol. The molecular weight excluding hydrogens is 456 g/mol. The molecule has 3 aromatic rings. The van der Waals surface area contributed by atoms with Crippen molar-refractivity contribution in [2.75, 3.05) is 16.6 Å². The fourth-order valence-corrected chi connectivity index (χ4v) is 5.59. The minimum absolute atomic E-state index is 0.00951. The van der Waals surface area contributed by atoms with Crippen molar-refractivity contribution in [3.63, 3.8) is 0 Å². The van der Waals surface area contributed by atoms with Crippen LogP contribution in [0.1, 0.15) is 10.4 Å². The zero-order valence-electron chi connectivity index (χ0n) is 16.3. The van der Waals surface area contributed by atoms with Gasteiger partial charge in [0.15, 0.2) is 0 Å². The molecule has 0 unspecified atom stereocenters. The van der Waals surface area contributed by atoms with Crippen LogP contribution in [0.3, 0.4) is 0 Å². The molecule has 12 heteroatoms. The Kier molecular flexibility index (Phi) is 5.40. The average Bonchev–Trinajstić information content (AvgIpc) is 2.95. The van der Waals surface area contributed by atoms with Crippen LogP contribution in [0.5, 0.6) is 0 Å². The van der Waals surface area contributed by atoms with E-state index in [1.807, 2.05) is 0 Å². The van der Waals surface area contributed by atoms with Crippen molar-refractivity contribution in [1.82, 2.24) is 9.29 Å². The van der Waals surface area contributed by atoms with Crippen LogP contribution in [0.15, 0.2) is 82.7 Å². The number of sulfonamides is 2. The summed E-state index contributed by atoms with van der Waals surface area (Å²) in [5, 5.41) is 2.46. The number of fused-ring (bicyclic) bond motifs is 1. The molecule has 2 amide bonds. The zero-order chi connectivity index (χ0) is 22.9. The number of carbonyl (C=O) groups excluding carboxylic acids is 2. The molecule has 2 aromatic carbocycles. The van der Waals surface area contributed by atoms with Gasteiger partial charge in [0.2, 0.25) is 5.91 Å². The van der Waals surface area contributed by atoms with Crippen molar-refractivity contribution in [3.05, 3.63) is 78.5 Å². The van der Waals surface area contributed by atoms with Crippen LogP contribution in [0, 0.1) is 0 Å². The largest absolute Gasteiger partial charge is 0.325 e. The molecule has 0 spiro atoms. The van der Waals surface area contributed by atoms with Gasteiger partial charge in [-0.05, 0) is 48.5 Å². The minimum atomic E-state index is -4.11. The van der Waals surface area contributed by atoms with Crippen LogP contribution in [-0.4, -0.2) is 44.5 Å². The number of hydrogen-bond acceptors (Lipinski definition) is 7. The Morgan fingerprint density at radius 1 is 0.969 bits per heavy atom. The number of rotatable bonds is 6. The Hall–Kier alpha value is -3.77. The first-order valence-electron chi connectivity index (χ1n) is 9.18. The predicted octanol–water partition coefficient (Wildman–Crippen LogP) is 1.67. The van der Waals surface area contributed by atoms with E-state index < -0.39 is 38.4 Å². The molecule has 10 nitrogen and oxygen atoms in total. The molecule has 164 valence electrons. The van der Waals surface area contributed by atoms with Crippen molar-refractivity contribution in [3.8, 4) is 0 Å². The third kappa shape index (κ3) is 4.05. The lowest BCUT2D eigenvalue weighted by Crippen LogP contribution is -2.37. The van der Waals surface area contributed by atoms with Gasteiger partial charge in [0, 0.05) is 11.9 Å². The van der Waals surface area contributed by atoms with Crippen LogP contribution >= 0.6 is 0 Å². The van der Waals surface area contributed by atoms with E-state index in [0.29, 0.717) is 4.31 Å². The highest BCUT2D eigenvalue weighted by atomic mass is 32.2. The van der Waals surface area contributed by atoms with Crippen LogP contribution in [0.2, 0.25) is 0 Å². The van der Waals surface area contributed by atoms with Gasteiger partial charge in [-0.3, -0.25) is 14.3 Å². The molecule has 1 aliphatic heterocycles. The molecule has 0 bridgehead atoms. The number of amides is 2. The van der Waals surface area contributed by atoms with E-state index in [1.54, 1.807) is 12.1 Å². The first kappa shape index (κ1) is 21.5. The predicted molar refractivity (Wildman–Crippen MR) is 115 cm³/mol. The summed E-state index contributed by atoms with van der Waals surface area (Å²) in [6.07, 6.45) is 1.44. The molecular formula is C20H16N4O6S2. The maximum absolute atomic E-state index is 12.5. The second-order valence-corrected chi connectivity index (χ2v) is 10.2. The summed E-state index contributed by atoms with van der Waals surface area (Å²) >= 11 is 0. The third-order valence-electron chi connectivity index (χ3n) is 4.55. The van der Waals surface area contributed by atoms with Crippen molar-refractivity contribution >= 4 is 43.4 Å². The van der Waals surface area contributed by atoms with E-state index in [1.165, 1.54) is 60.8 Å². The second kappa shape index (κ2) is 8.05. The van der Waals surface area contributed by atoms with Gasteiger partial charge in [-0.1, -0.05) is 18.2 Å². The maximum atomic E-state index is 12.5. The molecule has 0 fully saturated rings. The standard InChI is InChI=1S/C20H16N4O6S2/c25-19(13-24-20(26)16-5-1-2-6-17(16)32(24,29)30)22-14-8-10-15(11-9-14)31(27,28)23-18-7-3-4-12-21-18/h1-12H,13H2,(H,21,23)(H,22,25). The molecule has 1 aromatic heterocycles. The number of benzene rings is 2. The Balaban J connectivity index is 1.44. The molecule has 32 heavy (non-hydrogen) atoms. The lowest BCUT2D eigenvalue weighted by atomic mass is 10.2. The van der Waals surface area contributed by atoms with Crippen LogP contribution in [0.4, 0.5) is 11.5 Å². The zero-order valence-corrected chi connectivity index (χ0v) is 17.9. The highest BCUT2D eigenvalue weighted by Gasteiger charge is 2.41. The molecule has 0 saturated heterocycles. The Morgan fingerprint density at radius 2 is 1.66 bits per heavy atom. The highest BCUT2D eigenvalue weighted by molar-refractivity contribution is 7.92. The topological polar surface area (TPSA) is 143 Å². The minimum Gasteiger partial charge on any atom is -0.325 e. The lowest BCUT2D eigenvalue weighted by Gasteiger charge is -2.15. The van der Waals surface area contributed by atoms with E-state index in [4.69, 9.17) is 0 Å². The van der Waals surface area contributed by atoms with Gasteiger partial charge in [0.05, 0.1) is 10.5 Å². The van der Waals surface area contributed by atoms with Crippen molar-refractivity contribution in [1.29, 1.82) is 0 Å². The summed E-state index contributed by atoms with van der Waals surface area (Å²) in [7, 11) is -8.00. The molecule has 4 rings (SSSR count). The van der Waals surface area contributed by atoms with Gasteiger partial charge in [-0.2, -0.15) is 0 Å². The van der Waals surface area contributed by atoms with Gasteiger partial charge in [-0.15, -0.1) is 0 Å². The summed E-state index contributed by atoms with van der Waals surface area (Å²) in [5.41, 5.74) is 0.239. The fraction of sp³-hybridized carbons (Fsp3) is 0.0500. The van der Waals surface area contributed by atoms with Crippen molar-refractivity contribution in [2.24, 2.45) is 0 Å². The summed E-state index contributed by atoms with van der Waals surface area (Å²) in [6.45, 7) is -0.711. The Morgan fingerprint density at radius 3 is 2.31 bits per heavy atom. The number of nitrogens with zero attached hydrogens (tertiary/aromatic N) is 2. The number of aromatic nitrogens is 1. The lowest BCUT2D eigenvalue weighted by molar-refractivity contribution is -0.116. The molecule has 2 heterocycles. The van der Waals surface area contributed by atoms with Crippen molar-refractivity contribution in [2.45, 2.75) is 9.79 Å². The second-order valence-electron chi connectivity index (χ2n) is 6.71. The quantitative estimate of drug-likeness (QED) is 0.555. The monoisotopic (exact) mass is 472 g/mol. The summed E-state index contributed by atoms with van der Waals surface area (Å²) in [5.74, 6) is -1.38. The van der Waals surface area contributed by atoms with Crippen molar-refractivity contribution < 1.29 is 26.4 Å². The molecule has 0 radical (unpaired) electrons. The molecule has 0 saturated carbocycles. The maximum Gasteiger partial charge on any atom is 0.269 e. The Labute approximate surface area is 184 Å². The van der Waals surface area contributed by atoms with Gasteiger partial charge >= 0.3 is 0 Å². The molecule has 2 N–H and O–H groups in total. The van der Waals surface area contributed by atoms with Gasteiger partial charge in [-0.25, -0.2) is 26.1 Å². The first-order chi connectivity index (χ1) is 15.2. The van der Waals surface area contributed by atoms with Gasteiger partial charge in [0.1, 0.15) is 17.3 Å². The molecule has 0 atom stereocenters. The normalized spacial score (nSPS) is 14.6. The smallest absolute Gasteiger partial charge is 0.269 e. The van der Waals surface area contributed by atoms with E-state index >= 15 is 0 Å². The van der Waals surface area contributed by atoms with Crippen LogP contribution in [0.25, 0.3) is 0 Å². The van der Waals surface area contributed by atoms with E-state index in [-0.39, 0.29) is 26.9 Å². The molecule has 1 aliphatic rings. The van der Waals surface area contributed by atoms with Crippen LogP contribution < -0.4 is 10.0 Å². The number of carbonyl (C=O) groups is 2. The Bertz CT molecular complexity index is 1410. The van der Waals surface area contributed by atoms with Gasteiger partial charge < -0.3 is 5.32 Å². The van der Waals surface area contributed by atoms with Crippen LogP contribution in [-0.2, 0) is 24.8 Å².